The summed E-state index contributed by atoms with van der Waals surface area (Å²) >= 11 is 0. The smallest absolute Gasteiger partial charge is 0.423 e. The molecule has 1 aliphatic carbocycles. The van der Waals surface area contributed by atoms with Crippen LogP contribution in [0.4, 0.5) is 13.2 Å². The largest absolute Gasteiger partial charge is 0.488 e. The first-order valence-electron chi connectivity index (χ1n) is 9.17. The van der Waals surface area contributed by atoms with Crippen LogP contribution in [0.15, 0.2) is 47.4 Å². The van der Waals surface area contributed by atoms with Crippen LogP contribution >= 0.6 is 0 Å². The molecule has 30 heavy (non-hydrogen) atoms. The van der Waals surface area contributed by atoms with Crippen LogP contribution in [0.25, 0.3) is 0 Å². The number of hydrogen-bond donors (Lipinski definition) is 3. The summed E-state index contributed by atoms with van der Waals surface area (Å²) in [5.41, 5.74) is -1.77. The van der Waals surface area contributed by atoms with Crippen LogP contribution in [0, 0.1) is 0 Å². The first kappa shape index (κ1) is 22.3. The number of amides is 1. The van der Waals surface area contributed by atoms with Crippen molar-refractivity contribution in [3.8, 4) is 0 Å². The zero-order chi connectivity index (χ0) is 22.1. The fourth-order valence-electron chi connectivity index (χ4n) is 3.08. The highest BCUT2D eigenvalue weighted by Crippen LogP contribution is 2.34. The normalized spacial score (nSPS) is 14.8. The van der Waals surface area contributed by atoms with Crippen molar-refractivity contribution in [2.75, 3.05) is 0 Å². The molecule has 2 aromatic carbocycles. The number of sulfone groups is 1. The van der Waals surface area contributed by atoms with Gasteiger partial charge in [0.15, 0.2) is 9.84 Å². The van der Waals surface area contributed by atoms with Crippen LogP contribution < -0.4 is 10.8 Å². The van der Waals surface area contributed by atoms with E-state index in [9.17, 15) is 26.4 Å². The monoisotopic (exact) mass is 441 g/mol. The number of rotatable bonds is 6. The summed E-state index contributed by atoms with van der Waals surface area (Å²) in [6.45, 7) is 0. The van der Waals surface area contributed by atoms with Gasteiger partial charge in [-0.2, -0.15) is 13.2 Å². The van der Waals surface area contributed by atoms with Crippen molar-refractivity contribution in [1.82, 2.24) is 5.32 Å². The minimum atomic E-state index is -4.83. The van der Waals surface area contributed by atoms with Gasteiger partial charge in [-0.1, -0.05) is 18.2 Å². The Kier molecular flexibility index (Phi) is 6.25. The molecule has 3 N–H and O–H groups in total. The molecule has 160 valence electrons. The minimum absolute atomic E-state index is 0.0788. The third-order valence-electron chi connectivity index (χ3n) is 4.97. The predicted molar refractivity (Wildman–Crippen MR) is 104 cm³/mol. The topological polar surface area (TPSA) is 104 Å². The Morgan fingerprint density at radius 1 is 1.10 bits per heavy atom. The van der Waals surface area contributed by atoms with E-state index in [4.69, 9.17) is 10.0 Å². The fourth-order valence-corrected chi connectivity index (χ4v) is 4.42. The van der Waals surface area contributed by atoms with Crippen LogP contribution in [0.3, 0.4) is 0 Å². The van der Waals surface area contributed by atoms with Gasteiger partial charge in [-0.25, -0.2) is 8.42 Å². The van der Waals surface area contributed by atoms with Crippen molar-refractivity contribution in [3.05, 3.63) is 59.2 Å². The molecule has 0 aromatic heterocycles. The molecule has 2 aromatic rings. The van der Waals surface area contributed by atoms with Crippen molar-refractivity contribution in [3.63, 3.8) is 0 Å². The highest BCUT2D eigenvalue weighted by molar-refractivity contribution is 7.90. The van der Waals surface area contributed by atoms with Gasteiger partial charge in [0.1, 0.15) is 0 Å². The second-order valence-electron chi connectivity index (χ2n) is 7.18. The number of carbonyl (C=O) groups excluding carboxylic acids is 1. The molecule has 6 nitrogen and oxygen atoms in total. The van der Waals surface area contributed by atoms with Crippen molar-refractivity contribution >= 4 is 28.3 Å². The van der Waals surface area contributed by atoms with Crippen molar-refractivity contribution in [2.45, 2.75) is 42.1 Å². The first-order valence-corrected chi connectivity index (χ1v) is 10.8. The molecule has 11 heteroatoms. The minimum Gasteiger partial charge on any atom is -0.423 e. The Bertz CT molecular complexity index is 1040. The van der Waals surface area contributed by atoms with E-state index in [2.05, 4.69) is 5.32 Å². The number of halogens is 3. The van der Waals surface area contributed by atoms with Crippen LogP contribution in [0.2, 0.25) is 0 Å². The van der Waals surface area contributed by atoms with Crippen molar-refractivity contribution < 1.29 is 36.4 Å². The summed E-state index contributed by atoms with van der Waals surface area (Å²) in [5.74, 6) is -1.54. The van der Waals surface area contributed by atoms with Gasteiger partial charge >= 0.3 is 13.3 Å². The average Bonchev–Trinajstić information content (AvgIpc) is 2.63. The van der Waals surface area contributed by atoms with Crippen LogP contribution in [-0.2, 0) is 21.8 Å². The quantitative estimate of drug-likeness (QED) is 0.592. The molecule has 0 unspecified atom stereocenters. The second kappa shape index (κ2) is 8.40. The molecular formula is C19H19BF3NO5S. The number of nitrogens with one attached hydrogen (secondary N) is 1. The fraction of sp³-hybridized carbons (Fsp3) is 0.316. The highest BCUT2D eigenvalue weighted by atomic mass is 32.2. The van der Waals surface area contributed by atoms with E-state index in [1.54, 1.807) is 0 Å². The molecule has 0 atom stereocenters. The molecule has 1 fully saturated rings. The Balaban J connectivity index is 1.87. The summed E-state index contributed by atoms with van der Waals surface area (Å²) in [7, 11) is -5.76. The molecule has 0 spiro atoms. The molecule has 0 saturated heterocycles. The van der Waals surface area contributed by atoms with E-state index in [1.165, 1.54) is 18.2 Å². The number of hydrogen-bond acceptors (Lipinski definition) is 5. The van der Waals surface area contributed by atoms with E-state index in [0.29, 0.717) is 6.07 Å². The van der Waals surface area contributed by atoms with Crippen LogP contribution in [0.5, 0.6) is 0 Å². The maximum atomic E-state index is 13.5. The Morgan fingerprint density at radius 2 is 1.73 bits per heavy atom. The summed E-state index contributed by atoms with van der Waals surface area (Å²) < 4.78 is 65.7. The highest BCUT2D eigenvalue weighted by Gasteiger charge is 2.36. The van der Waals surface area contributed by atoms with E-state index >= 15 is 0 Å². The van der Waals surface area contributed by atoms with E-state index in [-0.39, 0.29) is 22.0 Å². The first-order chi connectivity index (χ1) is 14.0. The van der Waals surface area contributed by atoms with Crippen molar-refractivity contribution in [1.29, 1.82) is 0 Å². The third-order valence-corrected chi connectivity index (χ3v) is 6.67. The standard InChI is InChI=1S/C19H19BF3NO5S/c21-19(22,23)17-10-12(4-9-16(17)18(25)24-14-2-1-3-14)11-30(28,29)15-7-5-13(6-8-15)20(26)27/h4-10,14,26-27H,1-3,11H2,(H,24,25). The maximum absolute atomic E-state index is 13.5. The molecule has 1 amide bonds. The van der Waals surface area contributed by atoms with Gasteiger partial charge in [-0.15, -0.1) is 0 Å². The Hall–Kier alpha value is -2.37. The van der Waals surface area contributed by atoms with Crippen LogP contribution in [-0.4, -0.2) is 37.5 Å². The van der Waals surface area contributed by atoms with Gasteiger partial charge in [0, 0.05) is 6.04 Å². The van der Waals surface area contributed by atoms with Gasteiger partial charge in [0.2, 0.25) is 0 Å². The van der Waals surface area contributed by atoms with E-state index < -0.39 is 45.9 Å². The van der Waals surface area contributed by atoms with Gasteiger partial charge < -0.3 is 15.4 Å². The second-order valence-corrected chi connectivity index (χ2v) is 9.17. The lowest BCUT2D eigenvalue weighted by molar-refractivity contribution is -0.138. The molecule has 3 rings (SSSR count). The lowest BCUT2D eigenvalue weighted by Gasteiger charge is -2.27. The SMILES string of the molecule is O=C(NC1CCC1)c1ccc(CS(=O)(=O)c2ccc(B(O)O)cc2)cc1C(F)(F)F. The zero-order valence-electron chi connectivity index (χ0n) is 15.7. The van der Waals surface area contributed by atoms with Crippen LogP contribution in [0.1, 0.15) is 40.7 Å². The van der Waals surface area contributed by atoms with Gasteiger partial charge in [0.05, 0.1) is 21.8 Å². The molecule has 1 saturated carbocycles. The van der Waals surface area contributed by atoms with E-state index in [1.807, 2.05) is 0 Å². The Labute approximate surface area is 171 Å². The Morgan fingerprint density at radius 3 is 2.23 bits per heavy atom. The maximum Gasteiger partial charge on any atom is 0.488 e. The van der Waals surface area contributed by atoms with Gasteiger partial charge in [0.25, 0.3) is 5.91 Å². The summed E-state index contributed by atoms with van der Waals surface area (Å²) in [6, 6.07) is 7.42. The summed E-state index contributed by atoms with van der Waals surface area (Å²) in [5, 5.41) is 20.7. The number of alkyl halides is 3. The molecule has 1 aliphatic rings. The van der Waals surface area contributed by atoms with Gasteiger partial charge in [-0.3, -0.25) is 4.79 Å². The molecule has 0 heterocycles. The zero-order valence-corrected chi connectivity index (χ0v) is 16.5. The van der Waals surface area contributed by atoms with E-state index in [0.717, 1.165) is 37.5 Å². The lowest BCUT2D eigenvalue weighted by atomic mass is 9.81. The number of carbonyl (C=O) groups is 1. The number of benzene rings is 2. The lowest BCUT2D eigenvalue weighted by Crippen LogP contribution is -2.40. The third kappa shape index (κ3) is 5.03. The molecule has 0 aliphatic heterocycles. The average molecular weight is 441 g/mol. The van der Waals surface area contributed by atoms with Gasteiger partial charge in [-0.05, 0) is 54.6 Å². The molecule has 0 radical (unpaired) electrons. The predicted octanol–water partition coefficient (Wildman–Crippen LogP) is 1.64. The summed E-state index contributed by atoms with van der Waals surface area (Å²) in [6.07, 6.45) is -2.48. The molecular weight excluding hydrogens is 422 g/mol. The van der Waals surface area contributed by atoms with Crippen molar-refractivity contribution in [2.24, 2.45) is 0 Å². The molecule has 0 bridgehead atoms. The summed E-state index contributed by atoms with van der Waals surface area (Å²) in [4.78, 5) is 12.1.